The Kier molecular flexibility index (Phi) is 6.15. The van der Waals surface area contributed by atoms with Crippen molar-refractivity contribution in [1.82, 2.24) is 9.97 Å². The summed E-state index contributed by atoms with van der Waals surface area (Å²) in [5, 5.41) is 11.0. The molecular weight excluding hydrogens is 409 g/mol. The zero-order chi connectivity index (χ0) is 20.2. The first kappa shape index (κ1) is 19.9. The average molecular weight is 428 g/mol. The summed E-state index contributed by atoms with van der Waals surface area (Å²) in [6.45, 7) is 1.10. The summed E-state index contributed by atoms with van der Waals surface area (Å²) in [7, 11) is 0. The third-order valence-corrected chi connectivity index (χ3v) is 5.48. The molecule has 4 rings (SSSR count). The number of hydrogen-bond donors (Lipinski definition) is 0. The van der Waals surface area contributed by atoms with Gasteiger partial charge < -0.3 is 9.47 Å². The quantitative estimate of drug-likeness (QED) is 0.639. The average Bonchev–Trinajstić information content (AvgIpc) is 3.26. The van der Waals surface area contributed by atoms with Crippen LogP contribution in [0.4, 0.5) is 0 Å². The van der Waals surface area contributed by atoms with Gasteiger partial charge in [0.1, 0.15) is 12.7 Å². The van der Waals surface area contributed by atoms with Crippen molar-refractivity contribution in [1.29, 1.82) is 5.26 Å². The molecule has 29 heavy (non-hydrogen) atoms. The molecule has 2 aliphatic rings. The van der Waals surface area contributed by atoms with Crippen LogP contribution in [0.25, 0.3) is 11.3 Å². The van der Waals surface area contributed by atoms with Gasteiger partial charge in [-0.1, -0.05) is 47.5 Å². The van der Waals surface area contributed by atoms with Crippen LogP contribution in [-0.2, 0) is 4.74 Å². The lowest BCUT2D eigenvalue weighted by atomic mass is 9.93. The van der Waals surface area contributed by atoms with E-state index in [1.165, 1.54) is 0 Å². The van der Waals surface area contributed by atoms with Crippen LogP contribution in [-0.4, -0.2) is 29.3 Å². The molecule has 2 unspecified atom stereocenters. The fraction of sp³-hybridized carbons (Fsp3) is 0.318. The highest BCUT2D eigenvalue weighted by Crippen LogP contribution is 2.35. The van der Waals surface area contributed by atoms with Crippen molar-refractivity contribution < 1.29 is 9.47 Å². The van der Waals surface area contributed by atoms with Gasteiger partial charge in [0, 0.05) is 28.1 Å². The highest BCUT2D eigenvalue weighted by atomic mass is 35.5. The molecule has 2 atom stereocenters. The Bertz CT molecular complexity index is 990. The number of ether oxygens (including phenoxy) is 2. The van der Waals surface area contributed by atoms with E-state index in [0.717, 1.165) is 30.7 Å². The molecule has 0 bridgehead atoms. The van der Waals surface area contributed by atoms with Crippen LogP contribution < -0.4 is 4.74 Å². The van der Waals surface area contributed by atoms with Gasteiger partial charge in [-0.25, -0.2) is 9.97 Å². The van der Waals surface area contributed by atoms with Crippen molar-refractivity contribution in [2.75, 3.05) is 13.2 Å². The molecule has 0 amide bonds. The molecule has 1 aromatic heterocycles. The van der Waals surface area contributed by atoms with Crippen LogP contribution >= 0.6 is 23.2 Å². The first-order valence-corrected chi connectivity index (χ1v) is 10.3. The molecule has 0 saturated carbocycles. The molecule has 1 aliphatic heterocycles. The molecule has 1 aromatic carbocycles. The smallest absolute Gasteiger partial charge is 0.251 e. The molecule has 1 aliphatic carbocycles. The van der Waals surface area contributed by atoms with E-state index < -0.39 is 0 Å². The largest absolute Gasteiger partial charge is 0.473 e. The Morgan fingerprint density at radius 2 is 2.03 bits per heavy atom. The SMILES string of the molecule is N#Cc1nc(-c2ccc(Cl)cc2)c(C2C=CC(Cl)=CC2)nc1OCC1CCCO1. The van der Waals surface area contributed by atoms with E-state index in [0.29, 0.717) is 28.8 Å². The molecule has 0 N–H and O–H groups in total. The minimum atomic E-state index is -0.0199. The second-order valence-corrected chi connectivity index (χ2v) is 7.84. The molecule has 148 valence electrons. The second kappa shape index (κ2) is 8.96. The lowest BCUT2D eigenvalue weighted by Crippen LogP contribution is -2.18. The van der Waals surface area contributed by atoms with Crippen molar-refractivity contribution in [3.8, 4) is 23.2 Å². The van der Waals surface area contributed by atoms with Gasteiger partial charge in [0.15, 0.2) is 0 Å². The van der Waals surface area contributed by atoms with E-state index in [9.17, 15) is 5.26 Å². The van der Waals surface area contributed by atoms with Crippen molar-refractivity contribution in [2.24, 2.45) is 0 Å². The number of hydrogen-bond acceptors (Lipinski definition) is 5. The topological polar surface area (TPSA) is 68.0 Å². The summed E-state index contributed by atoms with van der Waals surface area (Å²) < 4.78 is 11.5. The number of aromatic nitrogens is 2. The van der Waals surface area contributed by atoms with Crippen LogP contribution in [0.3, 0.4) is 0 Å². The van der Waals surface area contributed by atoms with E-state index in [-0.39, 0.29) is 23.6 Å². The van der Waals surface area contributed by atoms with E-state index in [2.05, 4.69) is 11.1 Å². The van der Waals surface area contributed by atoms with Crippen molar-refractivity contribution >= 4 is 23.2 Å². The van der Waals surface area contributed by atoms with Gasteiger partial charge in [-0.05, 0) is 37.5 Å². The minimum Gasteiger partial charge on any atom is -0.473 e. The van der Waals surface area contributed by atoms with Crippen molar-refractivity contribution in [3.05, 3.63) is 63.9 Å². The van der Waals surface area contributed by atoms with E-state index in [4.69, 9.17) is 37.7 Å². The van der Waals surface area contributed by atoms with E-state index >= 15 is 0 Å². The fourth-order valence-electron chi connectivity index (χ4n) is 3.43. The van der Waals surface area contributed by atoms with Crippen LogP contribution in [0.1, 0.15) is 36.6 Å². The third-order valence-electron chi connectivity index (χ3n) is 4.95. The standard InChI is InChI=1S/C22H19Cl2N3O2/c23-16-7-3-14(4-8-16)20-21(15-5-9-17(24)10-6-15)27-22(19(12-25)26-20)29-13-18-2-1-11-28-18/h3-5,7-10,15,18H,1-2,6,11,13H2. The molecule has 0 radical (unpaired) electrons. The highest BCUT2D eigenvalue weighted by molar-refractivity contribution is 6.31. The summed E-state index contributed by atoms with van der Waals surface area (Å²) in [6.07, 6.45) is 8.49. The number of nitriles is 1. The number of benzene rings is 1. The van der Waals surface area contributed by atoms with E-state index in [1.54, 1.807) is 12.1 Å². The molecule has 2 aromatic rings. The number of allylic oxidation sites excluding steroid dienone is 4. The fourth-order valence-corrected chi connectivity index (χ4v) is 3.72. The van der Waals surface area contributed by atoms with Gasteiger partial charge in [-0.3, -0.25) is 0 Å². The van der Waals surface area contributed by atoms with Crippen LogP contribution in [0.2, 0.25) is 5.02 Å². The van der Waals surface area contributed by atoms with Crippen molar-refractivity contribution in [3.63, 3.8) is 0 Å². The van der Waals surface area contributed by atoms with Crippen molar-refractivity contribution in [2.45, 2.75) is 31.3 Å². The molecule has 1 fully saturated rings. The predicted molar refractivity (Wildman–Crippen MR) is 112 cm³/mol. The zero-order valence-electron chi connectivity index (χ0n) is 15.6. The zero-order valence-corrected chi connectivity index (χ0v) is 17.2. The van der Waals surface area contributed by atoms with Gasteiger partial charge in [0.25, 0.3) is 5.88 Å². The lowest BCUT2D eigenvalue weighted by Gasteiger charge is -2.19. The maximum absolute atomic E-state index is 9.64. The summed E-state index contributed by atoms with van der Waals surface area (Å²) in [5.41, 5.74) is 2.38. The number of halogens is 2. The van der Waals surface area contributed by atoms with Gasteiger partial charge >= 0.3 is 0 Å². The normalized spacial score (nSPS) is 20.9. The maximum atomic E-state index is 9.64. The predicted octanol–water partition coefficient (Wildman–Crippen LogP) is 5.39. The Hall–Kier alpha value is -2.39. The first-order valence-electron chi connectivity index (χ1n) is 9.50. The van der Waals surface area contributed by atoms with Crippen LogP contribution in [0, 0.1) is 11.3 Å². The minimum absolute atomic E-state index is 0.0199. The molecule has 1 saturated heterocycles. The Balaban J connectivity index is 1.73. The van der Waals surface area contributed by atoms with Gasteiger partial charge in [0.2, 0.25) is 5.69 Å². The Morgan fingerprint density at radius 1 is 1.21 bits per heavy atom. The van der Waals surface area contributed by atoms with Crippen LogP contribution in [0.5, 0.6) is 5.88 Å². The molecule has 7 heteroatoms. The molecular formula is C22H19Cl2N3O2. The summed E-state index contributed by atoms with van der Waals surface area (Å²) in [5.74, 6) is 0.221. The third kappa shape index (κ3) is 4.62. The van der Waals surface area contributed by atoms with Crippen LogP contribution in [0.15, 0.2) is 47.5 Å². The number of rotatable bonds is 5. The Labute approximate surface area is 179 Å². The van der Waals surface area contributed by atoms with Gasteiger partial charge in [-0.2, -0.15) is 5.26 Å². The van der Waals surface area contributed by atoms with E-state index in [1.807, 2.05) is 30.4 Å². The van der Waals surface area contributed by atoms with Gasteiger partial charge in [-0.15, -0.1) is 0 Å². The molecule has 2 heterocycles. The Morgan fingerprint density at radius 3 is 2.69 bits per heavy atom. The second-order valence-electron chi connectivity index (χ2n) is 6.97. The molecule has 0 spiro atoms. The summed E-state index contributed by atoms with van der Waals surface area (Å²) >= 11 is 12.1. The first-order chi connectivity index (χ1) is 14.1. The number of nitrogens with zero attached hydrogens (tertiary/aromatic N) is 3. The molecule has 5 nitrogen and oxygen atoms in total. The lowest BCUT2D eigenvalue weighted by molar-refractivity contribution is 0.0660. The maximum Gasteiger partial charge on any atom is 0.251 e. The highest BCUT2D eigenvalue weighted by Gasteiger charge is 2.24. The monoisotopic (exact) mass is 427 g/mol. The summed E-state index contributed by atoms with van der Waals surface area (Å²) in [4.78, 5) is 9.34. The van der Waals surface area contributed by atoms with Gasteiger partial charge in [0.05, 0.1) is 17.5 Å². The summed E-state index contributed by atoms with van der Waals surface area (Å²) in [6, 6.07) is 9.45.